The number of hydrogen-bond acceptors (Lipinski definition) is 3. The average molecular weight is 324 g/mol. The molecule has 0 unspecified atom stereocenters. The van der Waals surface area contributed by atoms with Gasteiger partial charge in [0.2, 0.25) is 11.8 Å². The topological polar surface area (TPSA) is 67.4 Å². The molecule has 2 amide bonds. The second-order valence-corrected chi connectivity index (χ2v) is 5.75. The minimum Gasteiger partial charge on any atom is -0.496 e. The van der Waals surface area contributed by atoms with E-state index in [0.717, 1.165) is 22.6 Å². The van der Waals surface area contributed by atoms with Gasteiger partial charge in [0.15, 0.2) is 0 Å². The lowest BCUT2D eigenvalue weighted by Gasteiger charge is -2.24. The van der Waals surface area contributed by atoms with E-state index in [1.807, 2.05) is 48.5 Å². The molecule has 124 valence electrons. The fourth-order valence-electron chi connectivity index (χ4n) is 3.00. The van der Waals surface area contributed by atoms with Crippen molar-refractivity contribution in [2.24, 2.45) is 0 Å². The molecule has 1 aliphatic rings. The van der Waals surface area contributed by atoms with Gasteiger partial charge in [0.25, 0.3) is 0 Å². The van der Waals surface area contributed by atoms with Crippen LogP contribution in [0.4, 0.5) is 5.69 Å². The molecule has 5 nitrogen and oxygen atoms in total. The molecule has 1 heterocycles. The molecular weight excluding hydrogens is 304 g/mol. The molecule has 0 saturated heterocycles. The molecule has 0 aromatic heterocycles. The molecule has 5 heteroatoms. The molecule has 0 aliphatic carbocycles. The van der Waals surface area contributed by atoms with E-state index in [-0.39, 0.29) is 18.2 Å². The highest BCUT2D eigenvalue weighted by Crippen LogP contribution is 2.31. The molecule has 2 aromatic rings. The summed E-state index contributed by atoms with van der Waals surface area (Å²) in [7, 11) is 1.63. The Morgan fingerprint density at radius 2 is 1.96 bits per heavy atom. The maximum Gasteiger partial charge on any atom is 0.228 e. The van der Waals surface area contributed by atoms with Crippen LogP contribution in [0.25, 0.3) is 0 Å². The van der Waals surface area contributed by atoms with Gasteiger partial charge in [0, 0.05) is 18.7 Å². The molecule has 0 radical (unpaired) electrons. The Morgan fingerprint density at radius 3 is 2.79 bits per heavy atom. The highest BCUT2D eigenvalue weighted by Gasteiger charge is 2.30. The minimum absolute atomic E-state index is 0.118. The van der Waals surface area contributed by atoms with Gasteiger partial charge in [-0.05, 0) is 29.7 Å². The number of amides is 2. The second kappa shape index (κ2) is 7.17. The lowest BCUT2D eigenvalue weighted by atomic mass is 9.90. The Kier molecular flexibility index (Phi) is 4.79. The first-order valence-electron chi connectivity index (χ1n) is 7.97. The van der Waals surface area contributed by atoms with Crippen molar-refractivity contribution in [1.29, 1.82) is 0 Å². The van der Waals surface area contributed by atoms with E-state index in [9.17, 15) is 9.59 Å². The van der Waals surface area contributed by atoms with Gasteiger partial charge >= 0.3 is 0 Å². The van der Waals surface area contributed by atoms with Gasteiger partial charge in [-0.15, -0.1) is 0 Å². The van der Waals surface area contributed by atoms with E-state index < -0.39 is 5.92 Å². The third kappa shape index (κ3) is 3.40. The van der Waals surface area contributed by atoms with Crippen molar-refractivity contribution in [3.8, 4) is 5.75 Å². The molecule has 24 heavy (non-hydrogen) atoms. The standard InChI is InChI=1S/C19H20N2O3/c1-24-17-9-5-2-6-13(17)10-11-20-19(23)15-12-18(22)21-16-8-4-3-7-14(15)16/h2-9,15H,10-12H2,1H3,(H,20,23)(H,21,22)/t15-/m0/s1. The first kappa shape index (κ1) is 16.1. The number of fused-ring (bicyclic) bond motifs is 1. The summed E-state index contributed by atoms with van der Waals surface area (Å²) in [4.78, 5) is 24.3. The zero-order valence-electron chi connectivity index (χ0n) is 13.5. The molecule has 0 saturated carbocycles. The summed E-state index contributed by atoms with van der Waals surface area (Å²) in [5.74, 6) is 0.132. The Balaban J connectivity index is 1.64. The van der Waals surface area contributed by atoms with E-state index in [1.54, 1.807) is 7.11 Å². The first-order chi connectivity index (χ1) is 11.7. The number of rotatable bonds is 5. The van der Waals surface area contributed by atoms with Gasteiger partial charge < -0.3 is 15.4 Å². The van der Waals surface area contributed by atoms with Gasteiger partial charge in [0.1, 0.15) is 5.75 Å². The van der Waals surface area contributed by atoms with Gasteiger partial charge in [-0.3, -0.25) is 9.59 Å². The van der Waals surface area contributed by atoms with Crippen molar-refractivity contribution in [3.05, 3.63) is 59.7 Å². The summed E-state index contributed by atoms with van der Waals surface area (Å²) >= 11 is 0. The predicted octanol–water partition coefficient (Wildman–Crippen LogP) is 2.48. The van der Waals surface area contributed by atoms with Crippen LogP contribution < -0.4 is 15.4 Å². The molecule has 2 aromatic carbocycles. The minimum atomic E-state index is -0.437. The number of anilines is 1. The summed E-state index contributed by atoms with van der Waals surface area (Å²) < 4.78 is 5.31. The summed E-state index contributed by atoms with van der Waals surface area (Å²) in [5, 5.41) is 5.75. The predicted molar refractivity (Wildman–Crippen MR) is 92.1 cm³/mol. The lowest BCUT2D eigenvalue weighted by molar-refractivity contribution is -0.126. The van der Waals surface area contributed by atoms with E-state index >= 15 is 0 Å². The van der Waals surface area contributed by atoms with Gasteiger partial charge in [0.05, 0.1) is 13.0 Å². The van der Waals surface area contributed by atoms with Crippen molar-refractivity contribution in [2.45, 2.75) is 18.8 Å². The smallest absolute Gasteiger partial charge is 0.228 e. The summed E-state index contributed by atoms with van der Waals surface area (Å²) in [6.07, 6.45) is 0.855. The summed E-state index contributed by atoms with van der Waals surface area (Å²) in [5.41, 5.74) is 2.63. The number of carbonyl (C=O) groups is 2. The number of hydrogen-bond donors (Lipinski definition) is 2. The zero-order valence-corrected chi connectivity index (χ0v) is 13.5. The Bertz CT molecular complexity index is 758. The number of carbonyl (C=O) groups excluding carboxylic acids is 2. The quantitative estimate of drug-likeness (QED) is 0.888. The van der Waals surface area contributed by atoms with Crippen molar-refractivity contribution < 1.29 is 14.3 Å². The van der Waals surface area contributed by atoms with E-state index in [2.05, 4.69) is 10.6 Å². The average Bonchev–Trinajstić information content (AvgIpc) is 2.61. The number of para-hydroxylation sites is 2. The van der Waals surface area contributed by atoms with Crippen LogP contribution in [0.1, 0.15) is 23.5 Å². The molecular formula is C19H20N2O3. The van der Waals surface area contributed by atoms with Crippen molar-refractivity contribution in [1.82, 2.24) is 5.32 Å². The van der Waals surface area contributed by atoms with Crippen LogP contribution in [0.15, 0.2) is 48.5 Å². The monoisotopic (exact) mass is 324 g/mol. The van der Waals surface area contributed by atoms with Crippen LogP contribution >= 0.6 is 0 Å². The van der Waals surface area contributed by atoms with Crippen LogP contribution in [-0.4, -0.2) is 25.5 Å². The fraction of sp³-hybridized carbons (Fsp3) is 0.263. The van der Waals surface area contributed by atoms with Crippen LogP contribution in [0.2, 0.25) is 0 Å². The maximum atomic E-state index is 12.5. The van der Waals surface area contributed by atoms with Crippen LogP contribution in [0.5, 0.6) is 5.75 Å². The van der Waals surface area contributed by atoms with Crippen LogP contribution in [0, 0.1) is 0 Å². The van der Waals surface area contributed by atoms with Gasteiger partial charge in [-0.1, -0.05) is 36.4 Å². The number of methoxy groups -OCH3 is 1. The van der Waals surface area contributed by atoms with Crippen molar-refractivity contribution >= 4 is 17.5 Å². The van der Waals surface area contributed by atoms with E-state index in [1.165, 1.54) is 0 Å². The normalized spacial score (nSPS) is 16.0. The zero-order chi connectivity index (χ0) is 16.9. The Hall–Kier alpha value is -2.82. The molecule has 3 rings (SSSR count). The highest BCUT2D eigenvalue weighted by atomic mass is 16.5. The molecule has 0 spiro atoms. The van der Waals surface area contributed by atoms with Crippen molar-refractivity contribution in [3.63, 3.8) is 0 Å². The summed E-state index contributed by atoms with van der Waals surface area (Å²) in [6, 6.07) is 15.2. The first-order valence-corrected chi connectivity index (χ1v) is 7.97. The molecule has 0 bridgehead atoms. The van der Waals surface area contributed by atoms with E-state index in [4.69, 9.17) is 4.74 Å². The number of ether oxygens (including phenoxy) is 1. The molecule has 2 N–H and O–H groups in total. The third-order valence-electron chi connectivity index (χ3n) is 4.20. The molecule has 1 aliphatic heterocycles. The van der Waals surface area contributed by atoms with Gasteiger partial charge in [-0.2, -0.15) is 0 Å². The third-order valence-corrected chi connectivity index (χ3v) is 4.20. The summed E-state index contributed by atoms with van der Waals surface area (Å²) in [6.45, 7) is 0.499. The Morgan fingerprint density at radius 1 is 1.21 bits per heavy atom. The highest BCUT2D eigenvalue weighted by molar-refractivity contribution is 6.01. The lowest BCUT2D eigenvalue weighted by Crippen LogP contribution is -2.35. The number of benzene rings is 2. The maximum absolute atomic E-state index is 12.5. The van der Waals surface area contributed by atoms with Crippen LogP contribution in [0.3, 0.4) is 0 Å². The fourth-order valence-corrected chi connectivity index (χ4v) is 3.00. The van der Waals surface area contributed by atoms with Crippen LogP contribution in [-0.2, 0) is 16.0 Å². The molecule has 0 fully saturated rings. The SMILES string of the molecule is COc1ccccc1CCNC(=O)[C@H]1CC(=O)Nc2ccccc21. The molecule has 1 atom stereocenters. The largest absolute Gasteiger partial charge is 0.496 e. The number of nitrogens with one attached hydrogen (secondary N) is 2. The Labute approximate surface area is 141 Å². The van der Waals surface area contributed by atoms with Crippen molar-refractivity contribution in [2.75, 3.05) is 19.0 Å². The van der Waals surface area contributed by atoms with Gasteiger partial charge in [-0.25, -0.2) is 0 Å². The second-order valence-electron chi connectivity index (χ2n) is 5.75. The van der Waals surface area contributed by atoms with E-state index in [0.29, 0.717) is 13.0 Å².